The van der Waals surface area contributed by atoms with Crippen molar-refractivity contribution in [3.05, 3.63) is 83.0 Å². The normalized spacial score (nSPS) is 17.1. The Kier molecular flexibility index (Phi) is 13.8. The molecule has 1 aromatic heterocycles. The molecular formula is C39H43F3N8O7. The van der Waals surface area contributed by atoms with Crippen LogP contribution in [-0.2, 0) is 43.1 Å². The number of alkyl halides is 3. The maximum absolute atomic E-state index is 13.3. The van der Waals surface area contributed by atoms with Gasteiger partial charge in [-0.05, 0) is 79.9 Å². The number of benzene rings is 2. The number of anilines is 2. The van der Waals surface area contributed by atoms with Crippen LogP contribution >= 0.6 is 0 Å². The third-order valence-electron chi connectivity index (χ3n) is 9.45. The molecule has 0 aliphatic carbocycles. The van der Waals surface area contributed by atoms with Gasteiger partial charge in [0.25, 0.3) is 5.91 Å². The van der Waals surface area contributed by atoms with Gasteiger partial charge in [0, 0.05) is 57.4 Å². The molecule has 3 aromatic rings. The number of hydrogen-bond donors (Lipinski definition) is 5. The standard InChI is InChI=1S/C39H43F3N8O7/c1-38(56,37(55)46-28-7-6-27(22-43)30(21-28)39(40,41)42)24-57-29-8-4-25(5-9-29)23-45-33(51)3-2-14-49-15-17-50(18-16-49)32-19-26(12-13-44-32)20-35(53)47-31-10-11-34(52)48-36(31)54/h4-9,12-13,19,21,31,56H,2-3,10-11,14-18,20,23-24H2,1H3,(H,45,51)(H,46,55)(H,47,53)(H,48,52,54)/t31?,38-/m0/s1. The summed E-state index contributed by atoms with van der Waals surface area (Å²) >= 11 is 0. The number of piperidine rings is 1. The summed E-state index contributed by atoms with van der Waals surface area (Å²) < 4.78 is 45.4. The first kappa shape index (κ1) is 42.1. The molecule has 15 nitrogen and oxygen atoms in total. The first-order chi connectivity index (χ1) is 27.1. The predicted octanol–water partition coefficient (Wildman–Crippen LogP) is 2.42. The topological polar surface area (TPSA) is 206 Å². The van der Waals surface area contributed by atoms with Crippen molar-refractivity contribution in [2.75, 3.05) is 49.5 Å². The van der Waals surface area contributed by atoms with Crippen molar-refractivity contribution in [2.45, 2.75) is 63.4 Å². The number of nitrogens with zero attached hydrogens (tertiary/aromatic N) is 4. The van der Waals surface area contributed by atoms with Crippen LogP contribution in [0.25, 0.3) is 0 Å². The van der Waals surface area contributed by atoms with Crippen LogP contribution in [0.5, 0.6) is 5.75 Å². The third-order valence-corrected chi connectivity index (χ3v) is 9.45. The maximum Gasteiger partial charge on any atom is 0.417 e. The van der Waals surface area contributed by atoms with Crippen molar-refractivity contribution >= 4 is 41.0 Å². The number of rotatable bonds is 15. The molecule has 5 amide bonds. The van der Waals surface area contributed by atoms with Crippen molar-refractivity contribution in [3.63, 3.8) is 0 Å². The van der Waals surface area contributed by atoms with Gasteiger partial charge in [0.05, 0.1) is 23.6 Å². The Balaban J connectivity index is 0.969. The second-order valence-electron chi connectivity index (χ2n) is 14.0. The lowest BCUT2D eigenvalue weighted by Gasteiger charge is -2.35. The summed E-state index contributed by atoms with van der Waals surface area (Å²) in [5.74, 6) is -1.19. The summed E-state index contributed by atoms with van der Waals surface area (Å²) in [5, 5.41) is 29.6. The van der Waals surface area contributed by atoms with Gasteiger partial charge in [0.2, 0.25) is 23.6 Å². The number of piperazine rings is 1. The molecule has 2 fully saturated rings. The van der Waals surface area contributed by atoms with Gasteiger partial charge in [-0.25, -0.2) is 4.98 Å². The van der Waals surface area contributed by atoms with Crippen LogP contribution in [0, 0.1) is 11.3 Å². The molecule has 57 heavy (non-hydrogen) atoms. The molecule has 0 bridgehead atoms. The highest BCUT2D eigenvalue weighted by atomic mass is 19.4. The molecule has 3 heterocycles. The van der Waals surface area contributed by atoms with Crippen molar-refractivity contribution < 1.29 is 47.0 Å². The van der Waals surface area contributed by atoms with Crippen LogP contribution in [0.4, 0.5) is 24.7 Å². The zero-order valence-electron chi connectivity index (χ0n) is 31.2. The number of imide groups is 1. The molecule has 5 rings (SSSR count). The van der Waals surface area contributed by atoms with Gasteiger partial charge in [-0.1, -0.05) is 12.1 Å². The summed E-state index contributed by atoms with van der Waals surface area (Å²) in [4.78, 5) is 70.0. The zero-order chi connectivity index (χ0) is 41.2. The van der Waals surface area contributed by atoms with E-state index in [-0.39, 0.29) is 49.2 Å². The summed E-state index contributed by atoms with van der Waals surface area (Å²) in [7, 11) is 0. The number of nitrogens with one attached hydrogen (secondary N) is 4. The molecule has 2 aliphatic heterocycles. The number of nitriles is 1. The fourth-order valence-corrected chi connectivity index (χ4v) is 6.17. The van der Waals surface area contributed by atoms with Gasteiger partial charge in [-0.15, -0.1) is 0 Å². The quantitative estimate of drug-likeness (QED) is 0.141. The van der Waals surface area contributed by atoms with E-state index in [0.29, 0.717) is 24.7 Å². The fraction of sp³-hybridized carbons (Fsp3) is 0.410. The van der Waals surface area contributed by atoms with Crippen LogP contribution in [0.1, 0.15) is 54.9 Å². The van der Waals surface area contributed by atoms with E-state index in [9.17, 15) is 42.3 Å². The lowest BCUT2D eigenvalue weighted by Crippen LogP contribution is -2.52. The largest absolute Gasteiger partial charge is 0.490 e. The van der Waals surface area contributed by atoms with Crippen LogP contribution < -0.4 is 30.9 Å². The number of ether oxygens (including phenoxy) is 1. The zero-order valence-corrected chi connectivity index (χ0v) is 31.2. The maximum atomic E-state index is 13.3. The van der Waals surface area contributed by atoms with Gasteiger partial charge in [0.15, 0.2) is 5.60 Å². The molecule has 0 saturated carbocycles. The van der Waals surface area contributed by atoms with E-state index in [1.165, 1.54) is 6.07 Å². The van der Waals surface area contributed by atoms with Crippen molar-refractivity contribution in [1.82, 2.24) is 25.8 Å². The minimum Gasteiger partial charge on any atom is -0.490 e. The number of hydrogen-bond acceptors (Lipinski definition) is 11. The van der Waals surface area contributed by atoms with Crippen LogP contribution in [0.2, 0.25) is 0 Å². The average molecular weight is 793 g/mol. The lowest BCUT2D eigenvalue weighted by molar-refractivity contribution is -0.138. The fourth-order valence-electron chi connectivity index (χ4n) is 6.17. The number of amides is 5. The molecule has 0 radical (unpaired) electrons. The molecule has 2 aromatic carbocycles. The first-order valence-electron chi connectivity index (χ1n) is 18.3. The number of pyridine rings is 1. The Hall–Kier alpha value is -6.06. The van der Waals surface area contributed by atoms with E-state index in [1.807, 2.05) is 6.07 Å². The SMILES string of the molecule is C[C@](O)(COc1ccc(CNC(=O)CCCN2CCN(c3cc(CC(=O)NC4CCC(=O)NC4=O)ccn3)CC2)cc1)C(=O)Nc1ccc(C#N)c(C(F)(F)F)c1. The number of halogens is 3. The first-order valence-corrected chi connectivity index (χ1v) is 18.3. The van der Waals surface area contributed by atoms with Crippen LogP contribution in [0.3, 0.4) is 0 Å². The van der Waals surface area contributed by atoms with Gasteiger partial charge >= 0.3 is 6.18 Å². The molecular weight excluding hydrogens is 749 g/mol. The van der Waals surface area contributed by atoms with Gasteiger partial charge in [0.1, 0.15) is 24.2 Å². The van der Waals surface area contributed by atoms with E-state index < -0.39 is 47.4 Å². The number of aliphatic hydroxyl groups is 1. The number of carbonyl (C=O) groups excluding carboxylic acids is 5. The third kappa shape index (κ3) is 12.2. The minimum atomic E-state index is -4.81. The van der Waals surface area contributed by atoms with E-state index in [0.717, 1.165) is 68.7 Å². The molecule has 2 saturated heterocycles. The summed E-state index contributed by atoms with van der Waals surface area (Å²) in [6.07, 6.45) is -1.62. The van der Waals surface area contributed by atoms with Crippen LogP contribution in [-0.4, -0.2) is 95.5 Å². The van der Waals surface area contributed by atoms with Crippen molar-refractivity contribution in [2.24, 2.45) is 0 Å². The Labute approximate surface area is 326 Å². The van der Waals surface area contributed by atoms with Crippen molar-refractivity contribution in [3.8, 4) is 11.8 Å². The number of carbonyl (C=O) groups is 5. The predicted molar refractivity (Wildman–Crippen MR) is 199 cm³/mol. The molecule has 5 N–H and O–H groups in total. The van der Waals surface area contributed by atoms with Crippen molar-refractivity contribution in [1.29, 1.82) is 5.26 Å². The second kappa shape index (κ2) is 18.7. The summed E-state index contributed by atoms with van der Waals surface area (Å²) in [6.45, 7) is 4.65. The number of aromatic nitrogens is 1. The Bertz CT molecular complexity index is 1990. The Morgan fingerprint density at radius 2 is 1.75 bits per heavy atom. The van der Waals surface area contributed by atoms with Gasteiger partial charge in [-0.3, -0.25) is 34.2 Å². The molecule has 0 spiro atoms. The monoisotopic (exact) mass is 792 g/mol. The molecule has 302 valence electrons. The van der Waals surface area contributed by atoms with Crippen LogP contribution in [0.15, 0.2) is 60.8 Å². The average Bonchev–Trinajstić information content (AvgIpc) is 3.18. The Morgan fingerprint density at radius 1 is 1.02 bits per heavy atom. The highest BCUT2D eigenvalue weighted by Gasteiger charge is 2.36. The lowest BCUT2D eigenvalue weighted by atomic mass is 10.1. The minimum absolute atomic E-state index is 0.0773. The highest BCUT2D eigenvalue weighted by molar-refractivity contribution is 6.01. The summed E-state index contributed by atoms with van der Waals surface area (Å²) in [6, 6.07) is 13.6. The molecule has 18 heteroatoms. The molecule has 1 unspecified atom stereocenters. The van der Waals surface area contributed by atoms with Gasteiger partial charge < -0.3 is 30.7 Å². The van der Waals surface area contributed by atoms with E-state index >= 15 is 0 Å². The Morgan fingerprint density at radius 3 is 2.44 bits per heavy atom. The summed E-state index contributed by atoms with van der Waals surface area (Å²) in [5.41, 5.74) is -2.63. The molecule has 2 aliphatic rings. The molecule has 2 atom stereocenters. The van der Waals surface area contributed by atoms with E-state index in [2.05, 4.69) is 36.1 Å². The second-order valence-corrected chi connectivity index (χ2v) is 14.0. The van der Waals surface area contributed by atoms with E-state index in [4.69, 9.17) is 10.00 Å². The smallest absolute Gasteiger partial charge is 0.417 e. The van der Waals surface area contributed by atoms with Gasteiger partial charge in [-0.2, -0.15) is 18.4 Å². The van der Waals surface area contributed by atoms with E-state index in [1.54, 1.807) is 36.5 Å². The highest BCUT2D eigenvalue weighted by Crippen LogP contribution is 2.33.